The van der Waals surface area contributed by atoms with E-state index in [9.17, 15) is 13.2 Å². The molecule has 4 aromatic heterocycles. The van der Waals surface area contributed by atoms with Gasteiger partial charge in [-0.2, -0.15) is 9.61 Å². The third-order valence-corrected chi connectivity index (χ3v) is 9.50. The summed E-state index contributed by atoms with van der Waals surface area (Å²) >= 11 is 0. The maximum Gasteiger partial charge on any atom is 0.292 e. The van der Waals surface area contributed by atoms with Crippen LogP contribution in [0.15, 0.2) is 66.1 Å². The molecule has 0 aliphatic carbocycles. The third kappa shape index (κ3) is 4.31. The van der Waals surface area contributed by atoms with E-state index in [1.807, 2.05) is 47.4 Å². The number of rotatable bonds is 6. The molecule has 2 bridgehead atoms. The zero-order chi connectivity index (χ0) is 29.0. The van der Waals surface area contributed by atoms with Crippen LogP contribution in [0.5, 0.6) is 0 Å². The number of H-pyrrole nitrogens is 1. The van der Waals surface area contributed by atoms with E-state index in [0.717, 1.165) is 35.2 Å². The molecule has 6 heterocycles. The number of hydrogen-bond donors (Lipinski definition) is 2. The summed E-state index contributed by atoms with van der Waals surface area (Å²) in [5.41, 5.74) is 4.49. The van der Waals surface area contributed by atoms with Crippen molar-refractivity contribution in [2.45, 2.75) is 48.6 Å². The molecule has 0 saturated carbocycles. The average Bonchev–Trinajstić information content (AvgIpc) is 3.74. The van der Waals surface area contributed by atoms with Gasteiger partial charge >= 0.3 is 0 Å². The zero-order valence-electron chi connectivity index (χ0n) is 23.1. The summed E-state index contributed by atoms with van der Waals surface area (Å²) in [6.45, 7) is 0. The van der Waals surface area contributed by atoms with Crippen LogP contribution in [-0.2, 0) is 9.84 Å². The van der Waals surface area contributed by atoms with Crippen molar-refractivity contribution in [2.24, 2.45) is 0 Å². The first-order valence-corrected chi connectivity index (χ1v) is 15.7. The van der Waals surface area contributed by atoms with E-state index in [1.165, 1.54) is 12.6 Å². The fourth-order valence-corrected chi connectivity index (χ4v) is 7.69. The smallest absolute Gasteiger partial charge is 0.292 e. The second kappa shape index (κ2) is 10.0. The van der Waals surface area contributed by atoms with Crippen LogP contribution in [0.2, 0.25) is 0 Å². The molecule has 2 fully saturated rings. The molecule has 2 aliphatic heterocycles. The lowest BCUT2D eigenvalue weighted by atomic mass is 9.87. The number of aromatic amines is 1. The van der Waals surface area contributed by atoms with E-state index >= 15 is 0 Å². The van der Waals surface area contributed by atoms with Crippen molar-refractivity contribution >= 4 is 27.2 Å². The van der Waals surface area contributed by atoms with Gasteiger partial charge in [0.25, 0.3) is 5.91 Å². The highest BCUT2D eigenvalue weighted by molar-refractivity contribution is 7.91. The number of carbonyl (C=O) groups is 1. The number of benzene rings is 1. The van der Waals surface area contributed by atoms with Gasteiger partial charge < -0.3 is 15.2 Å². The van der Waals surface area contributed by atoms with Gasteiger partial charge in [0.1, 0.15) is 17.0 Å². The summed E-state index contributed by atoms with van der Waals surface area (Å²) in [6.07, 6.45) is 8.96. The molecule has 42 heavy (non-hydrogen) atoms. The molecular formula is C29H29N9O3S. The zero-order valence-corrected chi connectivity index (χ0v) is 23.9. The Kier molecular flexibility index (Phi) is 6.26. The number of nitrogens with zero attached hydrogens (tertiary/aromatic N) is 7. The lowest BCUT2D eigenvalue weighted by Gasteiger charge is -2.38. The number of anilines is 1. The van der Waals surface area contributed by atoms with Gasteiger partial charge in [0.05, 0.1) is 17.6 Å². The Hall–Kier alpha value is -4.65. The van der Waals surface area contributed by atoms with E-state index in [4.69, 9.17) is 4.98 Å². The monoisotopic (exact) mass is 583 g/mol. The largest absolute Gasteiger partial charge is 0.372 e. The summed E-state index contributed by atoms with van der Waals surface area (Å²) in [7, 11) is -2.00. The third-order valence-electron chi connectivity index (χ3n) is 8.35. The number of pyridine rings is 1. The first kappa shape index (κ1) is 26.3. The summed E-state index contributed by atoms with van der Waals surface area (Å²) in [5, 5.41) is 15.3. The molecule has 0 radical (unpaired) electrons. The number of nitrogens with one attached hydrogen (secondary N) is 2. The van der Waals surface area contributed by atoms with Crippen molar-refractivity contribution in [2.75, 3.05) is 18.6 Å². The molecule has 2 aliphatic rings. The number of fused-ring (bicyclic) bond motifs is 3. The van der Waals surface area contributed by atoms with Gasteiger partial charge in [-0.05, 0) is 31.7 Å². The number of piperidine rings is 1. The molecule has 5 aromatic rings. The number of hydrogen-bond acceptors (Lipinski definition) is 9. The second-order valence-corrected chi connectivity index (χ2v) is 12.8. The molecule has 13 heteroatoms. The minimum absolute atomic E-state index is 0.0473. The summed E-state index contributed by atoms with van der Waals surface area (Å²) < 4.78 is 28.1. The molecule has 2 saturated heterocycles. The molecule has 0 spiro atoms. The Balaban J connectivity index is 1.31. The van der Waals surface area contributed by atoms with Crippen LogP contribution in [0.25, 0.3) is 28.0 Å². The van der Waals surface area contributed by atoms with Crippen molar-refractivity contribution in [1.29, 1.82) is 0 Å². The summed E-state index contributed by atoms with van der Waals surface area (Å²) in [5.74, 6) is 0.246. The fourth-order valence-electron chi connectivity index (χ4n) is 6.56. The summed E-state index contributed by atoms with van der Waals surface area (Å²) in [6, 6.07) is 13.8. The minimum Gasteiger partial charge on any atom is -0.372 e. The Morgan fingerprint density at radius 2 is 1.79 bits per heavy atom. The standard InChI is InChI=1S/C29H29N9O3S/c1-30-28-25(42(2,40)41)24(19-12-20-9-10-21(13-19)37(20)29(39)26-32-16-33-36-26)35-27-22(15-34-38(27)28)18-8-11-23(31-14-18)17-6-4-3-5-7-17/h3-8,11,14-16,19-21,30H,9-10,12-13H2,1-2H3,(H,32,33,36)/t19-,20+,21-. The van der Waals surface area contributed by atoms with Gasteiger partial charge in [0.15, 0.2) is 15.5 Å². The molecule has 7 rings (SSSR count). The van der Waals surface area contributed by atoms with E-state index in [1.54, 1.807) is 24.0 Å². The predicted octanol–water partition coefficient (Wildman–Crippen LogP) is 3.57. The maximum atomic E-state index is 13.3. The molecule has 0 unspecified atom stereocenters. The van der Waals surface area contributed by atoms with Crippen LogP contribution in [0.1, 0.15) is 47.9 Å². The number of amides is 1. The Morgan fingerprint density at radius 1 is 1.02 bits per heavy atom. The predicted molar refractivity (Wildman–Crippen MR) is 156 cm³/mol. The molecule has 214 valence electrons. The number of sulfone groups is 1. The van der Waals surface area contributed by atoms with Crippen molar-refractivity contribution in [3.8, 4) is 22.4 Å². The van der Waals surface area contributed by atoms with Crippen LogP contribution in [-0.4, -0.2) is 79.4 Å². The van der Waals surface area contributed by atoms with Crippen LogP contribution >= 0.6 is 0 Å². The molecule has 1 amide bonds. The van der Waals surface area contributed by atoms with Crippen molar-refractivity contribution in [3.63, 3.8) is 0 Å². The van der Waals surface area contributed by atoms with E-state index in [2.05, 4.69) is 30.6 Å². The highest BCUT2D eigenvalue weighted by atomic mass is 32.2. The van der Waals surface area contributed by atoms with Crippen LogP contribution in [0.3, 0.4) is 0 Å². The Morgan fingerprint density at radius 3 is 2.40 bits per heavy atom. The van der Waals surface area contributed by atoms with Gasteiger partial charge in [-0.15, -0.1) is 10.2 Å². The fraction of sp³-hybridized carbons (Fsp3) is 0.310. The maximum absolute atomic E-state index is 13.3. The lowest BCUT2D eigenvalue weighted by molar-refractivity contribution is 0.0556. The Bertz CT molecular complexity index is 1870. The van der Waals surface area contributed by atoms with Gasteiger partial charge in [-0.25, -0.2) is 13.4 Å². The molecular weight excluding hydrogens is 554 g/mol. The molecule has 3 atom stereocenters. The SMILES string of the molecule is CNc1c(S(C)(=O)=O)c([C@H]2C[C@H]3CC[C@@H](C2)N3C(=O)c2nnc[nH]2)nc2c(-c3ccc(-c4ccccc4)nc3)cnn12. The highest BCUT2D eigenvalue weighted by Crippen LogP contribution is 2.46. The first-order valence-electron chi connectivity index (χ1n) is 13.8. The quantitative estimate of drug-likeness (QED) is 0.306. The van der Waals surface area contributed by atoms with Crippen molar-refractivity contribution in [1.82, 2.24) is 39.7 Å². The molecule has 12 nitrogen and oxygen atoms in total. The average molecular weight is 584 g/mol. The molecule has 1 aromatic carbocycles. The van der Waals surface area contributed by atoms with Crippen LogP contribution in [0, 0.1) is 0 Å². The number of aromatic nitrogens is 7. The second-order valence-electron chi connectivity index (χ2n) is 10.9. The van der Waals surface area contributed by atoms with E-state index in [-0.39, 0.29) is 34.6 Å². The van der Waals surface area contributed by atoms with Crippen molar-refractivity contribution < 1.29 is 13.2 Å². The van der Waals surface area contributed by atoms with Crippen LogP contribution < -0.4 is 5.32 Å². The van der Waals surface area contributed by atoms with E-state index < -0.39 is 9.84 Å². The van der Waals surface area contributed by atoms with Gasteiger partial charge in [0.2, 0.25) is 5.82 Å². The topological polar surface area (TPSA) is 151 Å². The Labute approximate surface area is 242 Å². The van der Waals surface area contributed by atoms with Crippen molar-refractivity contribution in [3.05, 3.63) is 72.7 Å². The number of carbonyl (C=O) groups excluding carboxylic acids is 1. The lowest BCUT2D eigenvalue weighted by Crippen LogP contribution is -2.46. The minimum atomic E-state index is -3.69. The van der Waals surface area contributed by atoms with Gasteiger partial charge in [-0.1, -0.05) is 36.4 Å². The van der Waals surface area contributed by atoms with Gasteiger partial charge in [0, 0.05) is 54.2 Å². The summed E-state index contributed by atoms with van der Waals surface area (Å²) in [4.78, 5) is 27.7. The first-order chi connectivity index (χ1) is 20.3. The molecule has 2 N–H and O–H groups in total. The van der Waals surface area contributed by atoms with Crippen LogP contribution in [0.4, 0.5) is 5.82 Å². The van der Waals surface area contributed by atoms with Gasteiger partial charge in [-0.3, -0.25) is 9.78 Å². The normalized spacial score (nSPS) is 20.2. The van der Waals surface area contributed by atoms with E-state index in [0.29, 0.717) is 30.0 Å². The highest BCUT2D eigenvalue weighted by Gasteiger charge is 2.46.